The normalized spacial score (nSPS) is 21.4. The summed E-state index contributed by atoms with van der Waals surface area (Å²) in [5.74, 6) is 0.655. The van der Waals surface area contributed by atoms with Crippen LogP contribution >= 0.6 is 0 Å². The lowest BCUT2D eigenvalue weighted by Crippen LogP contribution is -2.53. The fourth-order valence-electron chi connectivity index (χ4n) is 4.71. The van der Waals surface area contributed by atoms with Crippen LogP contribution in [0.4, 0.5) is 4.79 Å². The Morgan fingerprint density at radius 1 is 1.14 bits per heavy atom. The minimum atomic E-state index is -0.590. The molecule has 1 aromatic carbocycles. The Labute approximate surface area is 220 Å². The van der Waals surface area contributed by atoms with Gasteiger partial charge in [0.1, 0.15) is 11.9 Å². The van der Waals surface area contributed by atoms with E-state index in [0.717, 1.165) is 35.4 Å². The molecule has 2 saturated heterocycles. The van der Waals surface area contributed by atoms with Crippen LogP contribution in [0.2, 0.25) is 0 Å². The first-order valence-corrected chi connectivity index (χ1v) is 13.1. The number of amides is 3. The van der Waals surface area contributed by atoms with E-state index in [4.69, 9.17) is 14.3 Å². The van der Waals surface area contributed by atoms with E-state index in [2.05, 4.69) is 10.3 Å². The summed E-state index contributed by atoms with van der Waals surface area (Å²) in [6.07, 6.45) is 3.60. The molecule has 2 aliphatic rings. The van der Waals surface area contributed by atoms with E-state index in [1.54, 1.807) is 14.1 Å². The first-order chi connectivity index (χ1) is 17.3. The molecule has 0 spiro atoms. The number of H-pyrrole nitrogens is 1. The first-order valence-electron chi connectivity index (χ1n) is 13.1. The Kier molecular flexibility index (Phi) is 7.45. The summed E-state index contributed by atoms with van der Waals surface area (Å²) in [5, 5.41) is 2.88. The van der Waals surface area contributed by atoms with Crippen molar-refractivity contribution in [2.45, 2.75) is 77.7 Å². The number of nitrogens with zero attached hydrogens (tertiary/aromatic N) is 3. The van der Waals surface area contributed by atoms with Crippen molar-refractivity contribution < 1.29 is 18.9 Å². The Morgan fingerprint density at radius 2 is 1.76 bits per heavy atom. The molecule has 2 fully saturated rings. The maximum absolute atomic E-state index is 13.5. The van der Waals surface area contributed by atoms with Crippen molar-refractivity contribution in [1.82, 2.24) is 25.1 Å². The third-order valence-electron chi connectivity index (χ3n) is 7.80. The number of hydrogen-bond donors (Lipinski definition) is 2. The van der Waals surface area contributed by atoms with E-state index in [0.29, 0.717) is 6.54 Å². The number of aromatic nitrogens is 2. The first kappa shape index (κ1) is 27.2. The summed E-state index contributed by atoms with van der Waals surface area (Å²) in [6, 6.07) is 7.05. The maximum atomic E-state index is 13.5. The molecule has 3 amide bonds. The lowest BCUT2D eigenvalue weighted by molar-refractivity contribution is -0.135. The molecule has 0 saturated carbocycles. The molecule has 2 aliphatic heterocycles. The van der Waals surface area contributed by atoms with Gasteiger partial charge in [-0.2, -0.15) is 0 Å². The Bertz CT molecular complexity index is 1110. The predicted molar refractivity (Wildman–Crippen MR) is 144 cm³/mol. The minimum absolute atomic E-state index is 0.0349. The summed E-state index contributed by atoms with van der Waals surface area (Å²) >= 11 is 0. The zero-order valence-corrected chi connectivity index (χ0v) is 23.3. The van der Waals surface area contributed by atoms with Gasteiger partial charge in [-0.25, -0.2) is 9.78 Å². The Morgan fingerprint density at radius 3 is 2.32 bits per heavy atom. The van der Waals surface area contributed by atoms with Gasteiger partial charge in [0.2, 0.25) is 5.91 Å². The van der Waals surface area contributed by atoms with Crippen molar-refractivity contribution in [1.29, 1.82) is 0 Å². The van der Waals surface area contributed by atoms with Crippen molar-refractivity contribution in [3.05, 3.63) is 36.3 Å². The van der Waals surface area contributed by atoms with Crippen LogP contribution in [-0.2, 0) is 14.1 Å². The van der Waals surface area contributed by atoms with E-state index in [-0.39, 0.29) is 35.1 Å². The summed E-state index contributed by atoms with van der Waals surface area (Å²) in [5.41, 5.74) is 1.97. The lowest BCUT2D eigenvalue weighted by atomic mass is 9.79. The third kappa shape index (κ3) is 5.41. The summed E-state index contributed by atoms with van der Waals surface area (Å²) < 4.78 is 12.3. The lowest BCUT2D eigenvalue weighted by Gasteiger charge is -2.32. The highest BCUT2D eigenvalue weighted by Gasteiger charge is 2.51. The van der Waals surface area contributed by atoms with Crippen LogP contribution in [0.15, 0.2) is 30.5 Å². The molecule has 200 valence electrons. The summed E-state index contributed by atoms with van der Waals surface area (Å²) in [6.45, 7) is 12.7. The fraction of sp³-hybridized carbons (Fsp3) is 0.593. The Balaban J connectivity index is 1.48. The van der Waals surface area contributed by atoms with Crippen LogP contribution in [0.25, 0.3) is 11.3 Å². The van der Waals surface area contributed by atoms with Gasteiger partial charge in [-0.05, 0) is 51.9 Å². The number of rotatable bonds is 6. The van der Waals surface area contributed by atoms with Gasteiger partial charge in [0.25, 0.3) is 0 Å². The molecule has 10 heteroatoms. The van der Waals surface area contributed by atoms with Crippen LogP contribution in [0.5, 0.6) is 0 Å². The molecule has 0 aliphatic carbocycles. The molecule has 9 nitrogen and oxygen atoms in total. The van der Waals surface area contributed by atoms with Crippen LogP contribution in [0, 0.1) is 5.92 Å². The van der Waals surface area contributed by atoms with Gasteiger partial charge in [-0.3, -0.25) is 4.79 Å². The van der Waals surface area contributed by atoms with Crippen molar-refractivity contribution in [2.75, 3.05) is 20.6 Å². The highest BCUT2D eigenvalue weighted by atomic mass is 16.7. The molecule has 3 heterocycles. The second kappa shape index (κ2) is 10.1. The highest BCUT2D eigenvalue weighted by molar-refractivity contribution is 6.62. The number of nitrogens with one attached hydrogen (secondary N) is 2. The van der Waals surface area contributed by atoms with Crippen molar-refractivity contribution in [3.8, 4) is 11.3 Å². The monoisotopic (exact) mass is 509 g/mol. The molecular weight excluding hydrogens is 469 g/mol. The molecule has 37 heavy (non-hydrogen) atoms. The van der Waals surface area contributed by atoms with E-state index >= 15 is 0 Å². The quantitative estimate of drug-likeness (QED) is 0.582. The molecule has 2 atom stereocenters. The molecule has 4 rings (SSSR count). The SMILES string of the molecule is CC(C)C(NC(=O)N(C)C)C(=O)N1CCCC1c1nc(-c2ccc(B3OC(C)(C)C(C)(C)O3)cc2)c[nH]1. The standard InChI is InChI=1S/C27H40BN5O4/c1-17(2)22(31-25(35)32(7)8)24(34)33-15-9-10-21(33)23-29-16-20(30-23)18-11-13-19(14-12-18)28-36-26(3,4)27(5,6)37-28/h11-14,16-17,21-22H,9-10,15H2,1-8H3,(H,29,30)(H,31,35). The zero-order valence-electron chi connectivity index (χ0n) is 23.3. The number of urea groups is 1. The largest absolute Gasteiger partial charge is 0.494 e. The molecule has 2 N–H and O–H groups in total. The van der Waals surface area contributed by atoms with Gasteiger partial charge in [0.05, 0.1) is 22.9 Å². The fourth-order valence-corrected chi connectivity index (χ4v) is 4.71. The number of carbonyl (C=O) groups excluding carboxylic acids is 2. The van der Waals surface area contributed by atoms with Gasteiger partial charge in [-0.1, -0.05) is 38.1 Å². The number of hydrogen-bond acceptors (Lipinski definition) is 5. The van der Waals surface area contributed by atoms with Crippen LogP contribution in [0.1, 0.15) is 66.3 Å². The molecule has 0 radical (unpaired) electrons. The molecule has 2 unspecified atom stereocenters. The smallest absolute Gasteiger partial charge is 0.399 e. The second-order valence-electron chi connectivity index (χ2n) is 11.6. The Hall–Kier alpha value is -2.85. The molecule has 0 bridgehead atoms. The number of benzene rings is 1. The van der Waals surface area contributed by atoms with Gasteiger partial charge in [-0.15, -0.1) is 0 Å². The maximum Gasteiger partial charge on any atom is 0.494 e. The molecule has 2 aromatic rings. The second-order valence-corrected chi connectivity index (χ2v) is 11.6. The van der Waals surface area contributed by atoms with Crippen molar-refractivity contribution in [2.24, 2.45) is 5.92 Å². The number of imidazole rings is 1. The highest BCUT2D eigenvalue weighted by Crippen LogP contribution is 2.37. The predicted octanol–water partition coefficient (Wildman–Crippen LogP) is 3.34. The molecular formula is C27H40BN5O4. The number of aromatic amines is 1. The third-order valence-corrected chi connectivity index (χ3v) is 7.80. The number of likely N-dealkylation sites (tertiary alicyclic amines) is 1. The van der Waals surface area contributed by atoms with Crippen LogP contribution in [0.3, 0.4) is 0 Å². The van der Waals surface area contributed by atoms with Crippen LogP contribution in [-0.4, -0.2) is 76.7 Å². The van der Waals surface area contributed by atoms with Crippen LogP contribution < -0.4 is 10.8 Å². The van der Waals surface area contributed by atoms with Crippen molar-refractivity contribution in [3.63, 3.8) is 0 Å². The van der Waals surface area contributed by atoms with Crippen molar-refractivity contribution >= 4 is 24.5 Å². The van der Waals surface area contributed by atoms with Gasteiger partial charge >= 0.3 is 13.1 Å². The minimum Gasteiger partial charge on any atom is -0.399 e. The van der Waals surface area contributed by atoms with E-state index in [1.165, 1.54) is 4.90 Å². The molecule has 1 aromatic heterocycles. The zero-order chi connectivity index (χ0) is 27.1. The van der Waals surface area contributed by atoms with Gasteiger partial charge in [0, 0.05) is 32.4 Å². The number of carbonyl (C=O) groups is 2. The van der Waals surface area contributed by atoms with Gasteiger partial charge in [0.15, 0.2) is 0 Å². The van der Waals surface area contributed by atoms with E-state index in [9.17, 15) is 9.59 Å². The van der Waals surface area contributed by atoms with Gasteiger partial charge < -0.3 is 29.4 Å². The average molecular weight is 509 g/mol. The topological polar surface area (TPSA) is 99.8 Å². The average Bonchev–Trinajstić information content (AvgIpc) is 3.54. The summed E-state index contributed by atoms with van der Waals surface area (Å²) in [4.78, 5) is 37.2. The van der Waals surface area contributed by atoms with E-state index < -0.39 is 13.2 Å². The van der Waals surface area contributed by atoms with E-state index in [1.807, 2.05) is 76.9 Å². The summed E-state index contributed by atoms with van der Waals surface area (Å²) in [7, 11) is 2.93.